The Morgan fingerprint density at radius 3 is 2.39 bits per heavy atom. The Balaban J connectivity index is 2.18. The summed E-state index contributed by atoms with van der Waals surface area (Å²) in [6.45, 7) is 1.97. The Labute approximate surface area is 133 Å². The fourth-order valence-corrected chi connectivity index (χ4v) is 2.15. The van der Waals surface area contributed by atoms with Crippen molar-refractivity contribution in [2.75, 3.05) is 7.11 Å². The molecule has 23 heavy (non-hydrogen) atoms. The lowest BCUT2D eigenvalue weighted by atomic mass is 10.1. The van der Waals surface area contributed by atoms with Gasteiger partial charge in [0, 0.05) is 12.4 Å². The van der Waals surface area contributed by atoms with Crippen molar-refractivity contribution >= 4 is 5.97 Å². The van der Waals surface area contributed by atoms with Crippen molar-refractivity contribution in [3.05, 3.63) is 60.2 Å². The maximum absolute atomic E-state index is 11.9. The van der Waals surface area contributed by atoms with Gasteiger partial charge in [0.15, 0.2) is 0 Å². The first-order chi connectivity index (χ1) is 11.2. The predicted molar refractivity (Wildman–Crippen MR) is 84.6 cm³/mol. The number of pyridine rings is 2. The van der Waals surface area contributed by atoms with Gasteiger partial charge in [-0.2, -0.15) is 0 Å². The fourth-order valence-electron chi connectivity index (χ4n) is 2.15. The number of carbonyl (C=O) groups excluding carboxylic acids is 1. The van der Waals surface area contributed by atoms with Crippen molar-refractivity contribution in [3.8, 4) is 22.8 Å². The van der Waals surface area contributed by atoms with E-state index in [9.17, 15) is 4.79 Å². The minimum absolute atomic E-state index is 0.398. The van der Waals surface area contributed by atoms with Crippen molar-refractivity contribution < 1.29 is 9.53 Å². The van der Waals surface area contributed by atoms with E-state index in [1.54, 1.807) is 30.6 Å². The summed E-state index contributed by atoms with van der Waals surface area (Å²) in [5, 5.41) is 0. The number of methoxy groups -OCH3 is 1. The van der Waals surface area contributed by atoms with Gasteiger partial charge < -0.3 is 4.74 Å². The molecule has 0 spiro atoms. The summed E-state index contributed by atoms with van der Waals surface area (Å²) in [6, 6.07) is 8.86. The van der Waals surface area contributed by atoms with Gasteiger partial charge in [0.2, 0.25) is 0 Å². The van der Waals surface area contributed by atoms with Gasteiger partial charge in [-0.15, -0.1) is 0 Å². The molecule has 3 aromatic heterocycles. The van der Waals surface area contributed by atoms with Crippen LogP contribution in [0, 0.1) is 6.92 Å². The Kier molecular flexibility index (Phi) is 4.05. The largest absolute Gasteiger partial charge is 0.465 e. The lowest BCUT2D eigenvalue weighted by Crippen LogP contribution is -2.04. The Morgan fingerprint density at radius 2 is 1.74 bits per heavy atom. The summed E-state index contributed by atoms with van der Waals surface area (Å²) in [5.41, 5.74) is 3.92. The summed E-state index contributed by atoms with van der Waals surface area (Å²) >= 11 is 0. The average molecular weight is 306 g/mol. The Bertz CT molecular complexity index is 850. The number of aromatic nitrogens is 4. The molecule has 6 heteroatoms. The highest BCUT2D eigenvalue weighted by Gasteiger charge is 2.13. The number of hydrogen-bond acceptors (Lipinski definition) is 6. The molecule has 0 aromatic carbocycles. The van der Waals surface area contributed by atoms with Crippen LogP contribution in [-0.4, -0.2) is 33.0 Å². The highest BCUT2D eigenvalue weighted by atomic mass is 16.5. The molecule has 3 rings (SSSR count). The Hall–Kier alpha value is -3.15. The summed E-state index contributed by atoms with van der Waals surface area (Å²) < 4.78 is 4.82. The molecule has 0 N–H and O–H groups in total. The third kappa shape index (κ3) is 3.21. The average Bonchev–Trinajstić information content (AvgIpc) is 2.61. The number of rotatable bonds is 3. The highest BCUT2D eigenvalue weighted by Crippen LogP contribution is 2.23. The van der Waals surface area contributed by atoms with Crippen LogP contribution >= 0.6 is 0 Å². The van der Waals surface area contributed by atoms with Crippen molar-refractivity contribution in [1.29, 1.82) is 0 Å². The lowest BCUT2D eigenvalue weighted by Gasteiger charge is -2.08. The first-order valence-corrected chi connectivity index (χ1v) is 6.97. The first kappa shape index (κ1) is 14.8. The van der Waals surface area contributed by atoms with E-state index in [0.29, 0.717) is 28.3 Å². The number of carbonyl (C=O) groups is 1. The van der Waals surface area contributed by atoms with Crippen LogP contribution in [0.2, 0.25) is 0 Å². The topological polar surface area (TPSA) is 77.9 Å². The summed E-state index contributed by atoms with van der Waals surface area (Å²) in [5.74, 6) is -0.434. The molecular weight excluding hydrogens is 292 g/mol. The molecule has 0 fully saturated rings. The predicted octanol–water partition coefficient (Wildman–Crippen LogP) is 2.70. The summed E-state index contributed by atoms with van der Waals surface area (Å²) in [4.78, 5) is 28.9. The van der Waals surface area contributed by atoms with E-state index < -0.39 is 5.97 Å². The molecule has 0 saturated heterocycles. The summed E-state index contributed by atoms with van der Waals surface area (Å²) in [7, 11) is 1.34. The zero-order valence-corrected chi connectivity index (χ0v) is 12.7. The SMILES string of the molecule is COC(=O)c1cc(-c2ccncn2)nc(-c2cc(C)ccn2)c1. The molecule has 0 radical (unpaired) electrons. The van der Waals surface area contributed by atoms with E-state index in [1.807, 2.05) is 19.1 Å². The molecule has 0 aliphatic rings. The zero-order chi connectivity index (χ0) is 16.2. The molecule has 0 atom stereocenters. The minimum atomic E-state index is -0.434. The molecule has 3 heterocycles. The van der Waals surface area contributed by atoms with E-state index in [-0.39, 0.29) is 0 Å². The van der Waals surface area contributed by atoms with Crippen LogP contribution in [0.4, 0.5) is 0 Å². The van der Waals surface area contributed by atoms with Gasteiger partial charge in [-0.25, -0.2) is 19.7 Å². The first-order valence-electron chi connectivity index (χ1n) is 6.97. The summed E-state index contributed by atoms with van der Waals surface area (Å²) in [6.07, 6.45) is 4.77. The second-order valence-corrected chi connectivity index (χ2v) is 4.93. The van der Waals surface area contributed by atoms with Gasteiger partial charge in [0.25, 0.3) is 0 Å². The van der Waals surface area contributed by atoms with Crippen LogP contribution in [0.15, 0.2) is 49.1 Å². The maximum Gasteiger partial charge on any atom is 0.338 e. The zero-order valence-electron chi connectivity index (χ0n) is 12.7. The van der Waals surface area contributed by atoms with Crippen LogP contribution < -0.4 is 0 Å². The molecule has 0 aliphatic heterocycles. The highest BCUT2D eigenvalue weighted by molar-refractivity contribution is 5.91. The van der Waals surface area contributed by atoms with Gasteiger partial charge in [-0.1, -0.05) is 0 Å². The van der Waals surface area contributed by atoms with Gasteiger partial charge >= 0.3 is 5.97 Å². The van der Waals surface area contributed by atoms with Crippen molar-refractivity contribution in [2.45, 2.75) is 6.92 Å². The molecule has 0 saturated carbocycles. The normalized spacial score (nSPS) is 10.3. The number of hydrogen-bond donors (Lipinski definition) is 0. The number of ether oxygens (including phenoxy) is 1. The molecule has 114 valence electrons. The lowest BCUT2D eigenvalue weighted by molar-refractivity contribution is 0.0600. The maximum atomic E-state index is 11.9. The fraction of sp³-hybridized carbons (Fsp3) is 0.118. The minimum Gasteiger partial charge on any atom is -0.465 e. The second kappa shape index (κ2) is 6.31. The molecule has 0 bridgehead atoms. The quantitative estimate of drug-likeness (QED) is 0.692. The third-order valence-electron chi connectivity index (χ3n) is 3.27. The van der Waals surface area contributed by atoms with E-state index in [2.05, 4.69) is 19.9 Å². The smallest absolute Gasteiger partial charge is 0.338 e. The standard InChI is InChI=1S/C17H14N4O2/c1-11-3-6-19-14(7-11)16-9-12(17(22)23-2)8-15(21-16)13-4-5-18-10-20-13/h3-10H,1-2H3. The molecule has 0 aliphatic carbocycles. The van der Waals surface area contributed by atoms with Crippen LogP contribution in [0.5, 0.6) is 0 Å². The van der Waals surface area contributed by atoms with Crippen LogP contribution in [0.3, 0.4) is 0 Å². The van der Waals surface area contributed by atoms with E-state index in [4.69, 9.17) is 4.74 Å². The Morgan fingerprint density at radius 1 is 0.957 bits per heavy atom. The molecule has 3 aromatic rings. The van der Waals surface area contributed by atoms with Crippen LogP contribution in [0.1, 0.15) is 15.9 Å². The van der Waals surface area contributed by atoms with Crippen molar-refractivity contribution in [2.24, 2.45) is 0 Å². The van der Waals surface area contributed by atoms with Crippen LogP contribution in [0.25, 0.3) is 22.8 Å². The van der Waals surface area contributed by atoms with Crippen LogP contribution in [-0.2, 0) is 4.74 Å². The third-order valence-corrected chi connectivity index (χ3v) is 3.27. The number of nitrogens with zero attached hydrogens (tertiary/aromatic N) is 4. The molecule has 0 amide bonds. The van der Waals surface area contributed by atoms with Gasteiger partial charge in [0.05, 0.1) is 35.4 Å². The van der Waals surface area contributed by atoms with Gasteiger partial charge in [-0.3, -0.25) is 4.98 Å². The molecule has 0 unspecified atom stereocenters. The van der Waals surface area contributed by atoms with Crippen molar-refractivity contribution in [1.82, 2.24) is 19.9 Å². The monoisotopic (exact) mass is 306 g/mol. The number of aryl methyl sites for hydroxylation is 1. The molecular formula is C17H14N4O2. The second-order valence-electron chi connectivity index (χ2n) is 4.93. The number of esters is 1. The van der Waals surface area contributed by atoms with Gasteiger partial charge in [0.1, 0.15) is 6.33 Å². The van der Waals surface area contributed by atoms with Gasteiger partial charge in [-0.05, 0) is 42.8 Å². The molecule has 6 nitrogen and oxygen atoms in total. The van der Waals surface area contributed by atoms with E-state index in [1.165, 1.54) is 13.4 Å². The van der Waals surface area contributed by atoms with Crippen molar-refractivity contribution in [3.63, 3.8) is 0 Å². The van der Waals surface area contributed by atoms with E-state index in [0.717, 1.165) is 5.56 Å². The van der Waals surface area contributed by atoms with E-state index >= 15 is 0 Å².